The molecule has 0 bridgehead atoms. The summed E-state index contributed by atoms with van der Waals surface area (Å²) in [6.07, 6.45) is 1.92. The Bertz CT molecular complexity index is 679. The summed E-state index contributed by atoms with van der Waals surface area (Å²) in [5.74, 6) is -0.188. The number of benzene rings is 1. The van der Waals surface area contributed by atoms with Gasteiger partial charge in [0.2, 0.25) is 0 Å². The Kier molecular flexibility index (Phi) is 3.67. The SMILES string of the molecule is O=C(NCC1(CO)CC1)c1sc2cc(Cl)ccc2c1Cl. The van der Waals surface area contributed by atoms with Crippen LogP contribution in [0.25, 0.3) is 10.1 Å². The molecule has 0 saturated heterocycles. The fourth-order valence-corrected chi connectivity index (χ4v) is 3.81. The zero-order chi connectivity index (χ0) is 14.3. The van der Waals surface area contributed by atoms with Gasteiger partial charge in [-0.15, -0.1) is 11.3 Å². The summed E-state index contributed by atoms with van der Waals surface area (Å²) in [7, 11) is 0. The van der Waals surface area contributed by atoms with Crippen LogP contribution in [0.2, 0.25) is 10.0 Å². The molecule has 1 aromatic heterocycles. The molecule has 0 spiro atoms. The van der Waals surface area contributed by atoms with Crippen LogP contribution in [0.15, 0.2) is 18.2 Å². The molecule has 1 amide bonds. The van der Waals surface area contributed by atoms with Crippen molar-refractivity contribution in [3.63, 3.8) is 0 Å². The van der Waals surface area contributed by atoms with Crippen molar-refractivity contribution in [3.05, 3.63) is 33.1 Å². The minimum Gasteiger partial charge on any atom is -0.396 e. The molecule has 1 heterocycles. The monoisotopic (exact) mass is 329 g/mol. The van der Waals surface area contributed by atoms with Gasteiger partial charge >= 0.3 is 0 Å². The van der Waals surface area contributed by atoms with Crippen LogP contribution in [-0.2, 0) is 0 Å². The second-order valence-electron chi connectivity index (χ2n) is 5.23. The number of carbonyl (C=O) groups is 1. The first-order valence-electron chi connectivity index (χ1n) is 6.31. The highest BCUT2D eigenvalue weighted by molar-refractivity contribution is 7.21. The number of aliphatic hydroxyl groups is 1. The van der Waals surface area contributed by atoms with Gasteiger partial charge in [0, 0.05) is 27.1 Å². The van der Waals surface area contributed by atoms with Gasteiger partial charge in [-0.05, 0) is 25.0 Å². The molecule has 2 N–H and O–H groups in total. The van der Waals surface area contributed by atoms with E-state index in [4.69, 9.17) is 23.2 Å². The molecule has 1 fully saturated rings. The molecular formula is C14H13Cl2NO2S. The van der Waals surface area contributed by atoms with E-state index in [1.54, 1.807) is 12.1 Å². The normalized spacial score (nSPS) is 16.4. The van der Waals surface area contributed by atoms with E-state index in [-0.39, 0.29) is 17.9 Å². The topological polar surface area (TPSA) is 49.3 Å². The van der Waals surface area contributed by atoms with Crippen LogP contribution < -0.4 is 5.32 Å². The molecule has 2 aromatic rings. The Balaban J connectivity index is 1.82. The van der Waals surface area contributed by atoms with Crippen molar-refractivity contribution in [1.82, 2.24) is 5.32 Å². The second kappa shape index (κ2) is 5.19. The summed E-state index contributed by atoms with van der Waals surface area (Å²) < 4.78 is 0.899. The number of halogens is 2. The predicted octanol–water partition coefficient (Wildman–Crippen LogP) is 3.71. The lowest BCUT2D eigenvalue weighted by atomic mass is 10.1. The van der Waals surface area contributed by atoms with Crippen LogP contribution in [0.3, 0.4) is 0 Å². The van der Waals surface area contributed by atoms with Crippen molar-refractivity contribution in [3.8, 4) is 0 Å². The number of rotatable bonds is 4. The van der Waals surface area contributed by atoms with E-state index in [0.717, 1.165) is 22.9 Å². The molecule has 3 rings (SSSR count). The summed E-state index contributed by atoms with van der Waals surface area (Å²) in [5, 5.41) is 14.0. The number of amides is 1. The molecule has 0 unspecified atom stereocenters. The lowest BCUT2D eigenvalue weighted by molar-refractivity contribution is 0.0939. The third-order valence-electron chi connectivity index (χ3n) is 3.71. The quantitative estimate of drug-likeness (QED) is 0.898. The number of aliphatic hydroxyl groups excluding tert-OH is 1. The van der Waals surface area contributed by atoms with Crippen molar-refractivity contribution in [1.29, 1.82) is 0 Å². The lowest BCUT2D eigenvalue weighted by Crippen LogP contribution is -2.31. The van der Waals surface area contributed by atoms with Crippen LogP contribution in [-0.4, -0.2) is 24.2 Å². The van der Waals surface area contributed by atoms with Gasteiger partial charge in [-0.1, -0.05) is 29.3 Å². The summed E-state index contributed by atoms with van der Waals surface area (Å²) in [6.45, 7) is 0.608. The molecule has 1 aromatic carbocycles. The Morgan fingerprint density at radius 2 is 2.15 bits per heavy atom. The minimum absolute atomic E-state index is 0.109. The molecule has 3 nitrogen and oxygen atoms in total. The van der Waals surface area contributed by atoms with Gasteiger partial charge in [-0.3, -0.25) is 4.79 Å². The fourth-order valence-electron chi connectivity index (χ4n) is 2.10. The third kappa shape index (κ3) is 2.53. The van der Waals surface area contributed by atoms with Gasteiger partial charge in [0.05, 0.1) is 11.6 Å². The molecule has 0 radical (unpaired) electrons. The highest BCUT2D eigenvalue weighted by Crippen LogP contribution is 2.44. The summed E-state index contributed by atoms with van der Waals surface area (Å²) in [5.41, 5.74) is -0.109. The Morgan fingerprint density at radius 3 is 2.80 bits per heavy atom. The van der Waals surface area contributed by atoms with E-state index >= 15 is 0 Å². The average molecular weight is 330 g/mol. The maximum atomic E-state index is 12.2. The first kappa shape index (κ1) is 14.1. The van der Waals surface area contributed by atoms with Crippen LogP contribution in [0.1, 0.15) is 22.5 Å². The van der Waals surface area contributed by atoms with Gasteiger partial charge < -0.3 is 10.4 Å². The Labute approximate surface area is 130 Å². The van der Waals surface area contributed by atoms with E-state index < -0.39 is 0 Å². The van der Waals surface area contributed by atoms with Crippen molar-refractivity contribution in [2.45, 2.75) is 12.8 Å². The van der Waals surface area contributed by atoms with E-state index in [1.165, 1.54) is 11.3 Å². The maximum absolute atomic E-state index is 12.2. The number of nitrogens with one attached hydrogen (secondary N) is 1. The van der Waals surface area contributed by atoms with Gasteiger partial charge in [-0.2, -0.15) is 0 Å². The zero-order valence-electron chi connectivity index (χ0n) is 10.6. The van der Waals surface area contributed by atoms with Crippen LogP contribution in [0.5, 0.6) is 0 Å². The molecule has 20 heavy (non-hydrogen) atoms. The predicted molar refractivity (Wildman–Crippen MR) is 82.9 cm³/mol. The van der Waals surface area contributed by atoms with Crippen molar-refractivity contribution in [2.75, 3.05) is 13.2 Å². The molecule has 1 aliphatic rings. The number of hydrogen-bond donors (Lipinski definition) is 2. The molecule has 106 valence electrons. The Morgan fingerprint density at radius 1 is 1.40 bits per heavy atom. The van der Waals surface area contributed by atoms with E-state index in [0.29, 0.717) is 21.5 Å². The largest absolute Gasteiger partial charge is 0.396 e. The molecule has 0 aliphatic heterocycles. The maximum Gasteiger partial charge on any atom is 0.262 e. The number of hydrogen-bond acceptors (Lipinski definition) is 3. The van der Waals surface area contributed by atoms with Crippen LogP contribution >= 0.6 is 34.5 Å². The molecule has 6 heteroatoms. The number of fused-ring (bicyclic) bond motifs is 1. The Hall–Kier alpha value is -0.810. The summed E-state index contributed by atoms with van der Waals surface area (Å²) in [4.78, 5) is 12.7. The smallest absolute Gasteiger partial charge is 0.262 e. The van der Waals surface area contributed by atoms with Crippen molar-refractivity contribution < 1.29 is 9.90 Å². The van der Waals surface area contributed by atoms with Gasteiger partial charge in [-0.25, -0.2) is 0 Å². The first-order valence-corrected chi connectivity index (χ1v) is 7.88. The lowest BCUT2D eigenvalue weighted by Gasteiger charge is -2.12. The third-order valence-corrected chi connectivity index (χ3v) is 5.61. The first-order chi connectivity index (χ1) is 9.54. The van der Waals surface area contributed by atoms with E-state index in [9.17, 15) is 9.90 Å². The van der Waals surface area contributed by atoms with Crippen LogP contribution in [0, 0.1) is 5.41 Å². The number of thiophene rings is 1. The van der Waals surface area contributed by atoms with Crippen molar-refractivity contribution in [2.24, 2.45) is 5.41 Å². The second-order valence-corrected chi connectivity index (χ2v) is 7.09. The fraction of sp³-hybridized carbons (Fsp3) is 0.357. The van der Waals surface area contributed by atoms with E-state index in [1.807, 2.05) is 6.07 Å². The molecule has 1 saturated carbocycles. The highest BCUT2D eigenvalue weighted by Gasteiger charge is 2.42. The van der Waals surface area contributed by atoms with Gasteiger partial charge in [0.1, 0.15) is 4.88 Å². The molecule has 0 atom stereocenters. The summed E-state index contributed by atoms with van der Waals surface area (Å²) in [6, 6.07) is 5.39. The standard InChI is InChI=1S/C14H13Cl2NO2S/c15-8-1-2-9-10(5-8)20-12(11(9)16)13(19)17-6-14(7-18)3-4-14/h1-2,5,18H,3-4,6-7H2,(H,17,19). The molecule has 1 aliphatic carbocycles. The zero-order valence-corrected chi connectivity index (χ0v) is 12.9. The van der Waals surface area contributed by atoms with Gasteiger partial charge in [0.25, 0.3) is 5.91 Å². The van der Waals surface area contributed by atoms with E-state index in [2.05, 4.69) is 5.32 Å². The van der Waals surface area contributed by atoms with Crippen LogP contribution in [0.4, 0.5) is 0 Å². The number of carbonyl (C=O) groups excluding carboxylic acids is 1. The van der Waals surface area contributed by atoms with Gasteiger partial charge in [0.15, 0.2) is 0 Å². The summed E-state index contributed by atoms with van der Waals surface area (Å²) >= 11 is 13.5. The molecular weight excluding hydrogens is 317 g/mol. The average Bonchev–Trinajstić information content (AvgIpc) is 3.15. The highest BCUT2D eigenvalue weighted by atomic mass is 35.5. The van der Waals surface area contributed by atoms with Crippen molar-refractivity contribution >= 4 is 50.5 Å². The minimum atomic E-state index is -0.188.